The summed E-state index contributed by atoms with van der Waals surface area (Å²) in [6.45, 7) is 1.97. The summed E-state index contributed by atoms with van der Waals surface area (Å²) in [6.07, 6.45) is 1.79. The van der Waals surface area contributed by atoms with Crippen molar-refractivity contribution in [2.75, 3.05) is 20.7 Å². The van der Waals surface area contributed by atoms with E-state index in [1.807, 2.05) is 0 Å². The Morgan fingerprint density at radius 2 is 2.24 bits per heavy atom. The van der Waals surface area contributed by atoms with Crippen LogP contribution >= 0.6 is 0 Å². The van der Waals surface area contributed by atoms with Crippen molar-refractivity contribution in [3.63, 3.8) is 0 Å². The molecular weight excluding hydrogens is 224 g/mol. The zero-order valence-electron chi connectivity index (χ0n) is 10.1. The lowest BCUT2D eigenvalue weighted by molar-refractivity contribution is -0.137. The van der Waals surface area contributed by atoms with Gasteiger partial charge in [-0.3, -0.25) is 14.5 Å². The van der Waals surface area contributed by atoms with Crippen molar-refractivity contribution >= 4 is 17.8 Å². The average molecular weight is 240 g/mol. The van der Waals surface area contributed by atoms with Crippen LogP contribution in [-0.2, 0) is 19.1 Å². The molecule has 1 atom stereocenters. The maximum absolute atomic E-state index is 11.5. The highest BCUT2D eigenvalue weighted by Crippen LogP contribution is 2.10. The van der Waals surface area contributed by atoms with Crippen LogP contribution < -0.4 is 5.32 Å². The number of esters is 1. The van der Waals surface area contributed by atoms with Gasteiger partial charge in [0, 0.05) is 19.2 Å². The van der Waals surface area contributed by atoms with Crippen LogP contribution in [0.3, 0.4) is 0 Å². The zero-order valence-corrected chi connectivity index (χ0v) is 10.1. The number of methoxy groups -OCH3 is 1. The molecule has 0 aromatic carbocycles. The van der Waals surface area contributed by atoms with E-state index in [1.54, 1.807) is 13.0 Å². The number of nitrogens with zero attached hydrogens (tertiary/aromatic N) is 1. The summed E-state index contributed by atoms with van der Waals surface area (Å²) in [7, 11) is 2.77. The Labute approximate surface area is 99.6 Å². The SMILES string of the molecule is COC(=O)C(C)=CCNC1CC(=O)N(C)C1=O. The van der Waals surface area contributed by atoms with Gasteiger partial charge in [0.1, 0.15) is 0 Å². The molecule has 1 unspecified atom stereocenters. The topological polar surface area (TPSA) is 75.7 Å². The fourth-order valence-electron chi connectivity index (χ4n) is 1.51. The Balaban J connectivity index is 2.45. The van der Waals surface area contributed by atoms with Crippen molar-refractivity contribution < 1.29 is 19.1 Å². The van der Waals surface area contributed by atoms with Crippen LogP contribution in [0.4, 0.5) is 0 Å². The monoisotopic (exact) mass is 240 g/mol. The molecule has 0 spiro atoms. The summed E-state index contributed by atoms with van der Waals surface area (Å²) < 4.78 is 4.53. The average Bonchev–Trinajstić information content (AvgIpc) is 2.56. The Bertz CT molecular complexity index is 376. The molecular formula is C11H16N2O4. The number of imide groups is 1. The zero-order chi connectivity index (χ0) is 13.0. The molecule has 6 nitrogen and oxygen atoms in total. The molecule has 6 heteroatoms. The van der Waals surface area contributed by atoms with E-state index in [1.165, 1.54) is 14.2 Å². The van der Waals surface area contributed by atoms with E-state index in [2.05, 4.69) is 10.1 Å². The van der Waals surface area contributed by atoms with Gasteiger partial charge in [-0.25, -0.2) is 4.79 Å². The minimum atomic E-state index is -0.491. The molecule has 1 fully saturated rings. The lowest BCUT2D eigenvalue weighted by Crippen LogP contribution is -2.37. The highest BCUT2D eigenvalue weighted by molar-refractivity contribution is 6.05. The molecule has 1 aliphatic heterocycles. The highest BCUT2D eigenvalue weighted by Gasteiger charge is 2.35. The molecule has 0 aliphatic carbocycles. The molecule has 0 aromatic rings. The van der Waals surface area contributed by atoms with Gasteiger partial charge in [-0.05, 0) is 6.92 Å². The maximum atomic E-state index is 11.5. The number of nitrogens with one attached hydrogen (secondary N) is 1. The normalized spacial score (nSPS) is 21.0. The fraction of sp³-hybridized carbons (Fsp3) is 0.545. The molecule has 0 bridgehead atoms. The standard InChI is InChI=1S/C11H16N2O4/c1-7(11(16)17-3)4-5-12-8-6-9(14)13(2)10(8)15/h4,8,12H,5-6H2,1-3H3. The largest absolute Gasteiger partial charge is 0.466 e. The van der Waals surface area contributed by atoms with Gasteiger partial charge < -0.3 is 10.1 Å². The number of carbonyl (C=O) groups excluding carboxylic acids is 3. The minimum Gasteiger partial charge on any atom is -0.466 e. The number of amides is 2. The fourth-order valence-corrected chi connectivity index (χ4v) is 1.51. The Hall–Kier alpha value is -1.69. The van der Waals surface area contributed by atoms with E-state index in [9.17, 15) is 14.4 Å². The van der Waals surface area contributed by atoms with Gasteiger partial charge in [-0.15, -0.1) is 0 Å². The van der Waals surface area contributed by atoms with Crippen LogP contribution in [0.2, 0.25) is 0 Å². The molecule has 1 N–H and O–H groups in total. The first kappa shape index (κ1) is 13.4. The van der Waals surface area contributed by atoms with Crippen LogP contribution in [-0.4, -0.2) is 49.4 Å². The predicted molar refractivity (Wildman–Crippen MR) is 60.0 cm³/mol. The number of carbonyl (C=O) groups is 3. The molecule has 1 aliphatic rings. The minimum absolute atomic E-state index is 0.167. The van der Waals surface area contributed by atoms with Crippen molar-refractivity contribution in [2.24, 2.45) is 0 Å². The van der Waals surface area contributed by atoms with Crippen LogP contribution in [0.15, 0.2) is 11.6 Å². The van der Waals surface area contributed by atoms with E-state index in [0.717, 1.165) is 4.90 Å². The molecule has 1 rings (SSSR count). The third kappa shape index (κ3) is 3.13. The smallest absolute Gasteiger partial charge is 0.333 e. The molecule has 17 heavy (non-hydrogen) atoms. The van der Waals surface area contributed by atoms with Gasteiger partial charge in [0.25, 0.3) is 0 Å². The first-order valence-corrected chi connectivity index (χ1v) is 5.26. The summed E-state index contributed by atoms with van der Waals surface area (Å²) >= 11 is 0. The number of ether oxygens (including phenoxy) is 1. The van der Waals surface area contributed by atoms with E-state index >= 15 is 0 Å². The van der Waals surface area contributed by atoms with Gasteiger partial charge in [0.15, 0.2) is 0 Å². The lowest BCUT2D eigenvalue weighted by Gasteiger charge is -2.09. The molecule has 2 amide bonds. The summed E-state index contributed by atoms with van der Waals surface area (Å²) in [6, 6.07) is -0.491. The van der Waals surface area contributed by atoms with Crippen molar-refractivity contribution in [2.45, 2.75) is 19.4 Å². The van der Waals surface area contributed by atoms with Crippen LogP contribution in [0, 0.1) is 0 Å². The second-order valence-electron chi connectivity index (χ2n) is 3.83. The van der Waals surface area contributed by atoms with Crippen molar-refractivity contribution in [3.8, 4) is 0 Å². The lowest BCUT2D eigenvalue weighted by atomic mass is 10.2. The quantitative estimate of drug-likeness (QED) is 0.405. The number of hydrogen-bond donors (Lipinski definition) is 1. The number of likely N-dealkylation sites (tertiary alicyclic amines) is 1. The van der Waals surface area contributed by atoms with Crippen molar-refractivity contribution in [1.29, 1.82) is 0 Å². The first-order chi connectivity index (χ1) is 7.97. The molecule has 94 valence electrons. The second-order valence-corrected chi connectivity index (χ2v) is 3.83. The van der Waals surface area contributed by atoms with E-state index in [4.69, 9.17) is 0 Å². The third-order valence-corrected chi connectivity index (χ3v) is 2.66. The molecule has 1 heterocycles. The number of hydrogen-bond acceptors (Lipinski definition) is 5. The van der Waals surface area contributed by atoms with Crippen LogP contribution in [0.25, 0.3) is 0 Å². The Kier molecular flexibility index (Phi) is 4.39. The Morgan fingerprint density at radius 1 is 1.59 bits per heavy atom. The Morgan fingerprint density at radius 3 is 2.71 bits per heavy atom. The van der Waals surface area contributed by atoms with Gasteiger partial charge in [0.2, 0.25) is 11.8 Å². The summed E-state index contributed by atoms with van der Waals surface area (Å²) in [5.41, 5.74) is 0.463. The van der Waals surface area contributed by atoms with Gasteiger partial charge >= 0.3 is 5.97 Å². The highest BCUT2D eigenvalue weighted by atomic mass is 16.5. The molecule has 0 radical (unpaired) electrons. The van der Waals surface area contributed by atoms with Gasteiger partial charge in [-0.2, -0.15) is 0 Å². The summed E-state index contributed by atoms with van der Waals surface area (Å²) in [5, 5.41) is 2.91. The van der Waals surface area contributed by atoms with Gasteiger partial charge in [0.05, 0.1) is 19.6 Å². The predicted octanol–water partition coefficient (Wildman–Crippen LogP) is -0.547. The molecule has 0 saturated carbocycles. The van der Waals surface area contributed by atoms with Crippen molar-refractivity contribution in [1.82, 2.24) is 10.2 Å². The summed E-state index contributed by atoms with van der Waals surface area (Å²) in [5.74, 6) is -0.835. The molecule has 0 aromatic heterocycles. The number of rotatable bonds is 4. The van der Waals surface area contributed by atoms with Crippen LogP contribution in [0.5, 0.6) is 0 Å². The van der Waals surface area contributed by atoms with Gasteiger partial charge in [-0.1, -0.05) is 6.08 Å². The summed E-state index contributed by atoms with van der Waals surface area (Å²) in [4.78, 5) is 34.9. The third-order valence-electron chi connectivity index (χ3n) is 2.66. The van der Waals surface area contributed by atoms with E-state index in [-0.39, 0.29) is 18.2 Å². The first-order valence-electron chi connectivity index (χ1n) is 5.26. The van der Waals surface area contributed by atoms with Crippen LogP contribution in [0.1, 0.15) is 13.3 Å². The van der Waals surface area contributed by atoms with E-state index < -0.39 is 12.0 Å². The maximum Gasteiger partial charge on any atom is 0.333 e. The second kappa shape index (κ2) is 5.58. The molecule has 1 saturated heterocycles. The van der Waals surface area contributed by atoms with Crippen molar-refractivity contribution in [3.05, 3.63) is 11.6 Å². The van der Waals surface area contributed by atoms with E-state index in [0.29, 0.717) is 12.1 Å². The number of likely N-dealkylation sites (N-methyl/N-ethyl adjacent to an activating group) is 1.